The number of amides is 1. The maximum Gasteiger partial charge on any atom is 0.245 e. The minimum atomic E-state index is -4.47. The number of nitrogens with two attached hydrogens (primary N) is 1. The van der Waals surface area contributed by atoms with Gasteiger partial charge in [0, 0.05) is 23.7 Å². The van der Waals surface area contributed by atoms with Crippen LogP contribution in [0.15, 0.2) is 89.0 Å². The van der Waals surface area contributed by atoms with E-state index in [4.69, 9.17) is 15.2 Å². The third-order valence-electron chi connectivity index (χ3n) is 6.30. The van der Waals surface area contributed by atoms with Crippen LogP contribution in [0.4, 0.5) is 5.69 Å². The Kier molecular flexibility index (Phi) is 7.71. The molecule has 0 saturated heterocycles. The van der Waals surface area contributed by atoms with Gasteiger partial charge >= 0.3 is 0 Å². The molecule has 3 aromatic carbocycles. The number of hydrogen-bond donors (Lipinski definition) is 2. The number of carbonyl (C=O) groups is 2. The maximum absolute atomic E-state index is 14.3. The fraction of sp³-hybridized carbons (Fsp3) is 0.179. The van der Waals surface area contributed by atoms with E-state index in [1.165, 1.54) is 45.4 Å². The Morgan fingerprint density at radius 3 is 2.23 bits per heavy atom. The number of ether oxygens (including phenoxy) is 2. The number of Topliss-reactive ketones (excluding diaryl/α,β-unsaturated/α-hetero) is 1. The first kappa shape index (κ1) is 27.4. The molecule has 200 valence electrons. The van der Waals surface area contributed by atoms with Gasteiger partial charge in [0.2, 0.25) is 15.9 Å². The van der Waals surface area contributed by atoms with Crippen LogP contribution in [0.5, 0.6) is 11.5 Å². The van der Waals surface area contributed by atoms with Crippen molar-refractivity contribution in [2.24, 2.45) is 5.73 Å². The number of benzene rings is 3. The van der Waals surface area contributed by atoms with Crippen molar-refractivity contribution in [3.8, 4) is 17.6 Å². The normalized spacial score (nSPS) is 17.4. The Hall–Kier alpha value is -4.66. The highest BCUT2D eigenvalue weighted by molar-refractivity contribution is 7.89. The first-order valence-electron chi connectivity index (χ1n) is 11.8. The van der Waals surface area contributed by atoms with Gasteiger partial charge in [-0.05, 0) is 42.5 Å². The number of nitrogens with zero attached hydrogens (tertiary/aromatic N) is 2. The Balaban J connectivity index is 1.96. The highest BCUT2D eigenvalue weighted by Gasteiger charge is 2.51. The summed E-state index contributed by atoms with van der Waals surface area (Å²) in [5.41, 5.74) is 7.02. The van der Waals surface area contributed by atoms with Crippen molar-refractivity contribution in [2.45, 2.75) is 23.9 Å². The number of rotatable bonds is 8. The fourth-order valence-electron chi connectivity index (χ4n) is 4.52. The molecule has 11 heteroatoms. The summed E-state index contributed by atoms with van der Waals surface area (Å²) in [7, 11) is -1.62. The second-order valence-corrected chi connectivity index (χ2v) is 10.5. The van der Waals surface area contributed by atoms with Gasteiger partial charge in [-0.2, -0.15) is 9.57 Å². The summed E-state index contributed by atoms with van der Waals surface area (Å²) in [4.78, 5) is 25.1. The van der Waals surface area contributed by atoms with E-state index in [1.54, 1.807) is 48.5 Å². The predicted octanol–water partition coefficient (Wildman–Crippen LogP) is 3.40. The lowest BCUT2D eigenvalue weighted by Gasteiger charge is -2.31. The first-order chi connectivity index (χ1) is 18.6. The van der Waals surface area contributed by atoms with E-state index in [-0.39, 0.29) is 38.9 Å². The van der Waals surface area contributed by atoms with Crippen LogP contribution in [0.3, 0.4) is 0 Å². The first-order valence-corrected chi connectivity index (χ1v) is 13.2. The number of ketones is 1. The highest BCUT2D eigenvalue weighted by Crippen LogP contribution is 2.47. The van der Waals surface area contributed by atoms with Crippen LogP contribution in [0.25, 0.3) is 0 Å². The lowest BCUT2D eigenvalue weighted by Crippen LogP contribution is -2.45. The van der Waals surface area contributed by atoms with E-state index in [9.17, 15) is 23.3 Å². The smallest absolute Gasteiger partial charge is 0.245 e. The van der Waals surface area contributed by atoms with Crippen LogP contribution in [0, 0.1) is 11.3 Å². The number of anilines is 1. The minimum Gasteiger partial charge on any atom is -0.497 e. The van der Waals surface area contributed by atoms with Crippen molar-refractivity contribution in [1.82, 2.24) is 4.31 Å². The van der Waals surface area contributed by atoms with Crippen molar-refractivity contribution in [3.05, 3.63) is 95.2 Å². The molecule has 0 saturated carbocycles. The summed E-state index contributed by atoms with van der Waals surface area (Å²) in [6.07, 6.45) is 0. The molecular formula is C28H26N4O6S. The Morgan fingerprint density at radius 2 is 1.67 bits per heavy atom. The van der Waals surface area contributed by atoms with Crippen LogP contribution in [0.1, 0.15) is 28.9 Å². The largest absolute Gasteiger partial charge is 0.497 e. The van der Waals surface area contributed by atoms with Gasteiger partial charge in [-0.1, -0.05) is 30.3 Å². The molecule has 0 spiro atoms. The Morgan fingerprint density at radius 1 is 1.00 bits per heavy atom. The van der Waals surface area contributed by atoms with E-state index in [0.717, 1.165) is 4.31 Å². The van der Waals surface area contributed by atoms with Crippen LogP contribution in [-0.2, 0) is 14.8 Å². The fourth-order valence-corrected chi connectivity index (χ4v) is 6.23. The third kappa shape index (κ3) is 5.07. The van der Waals surface area contributed by atoms with Crippen LogP contribution < -0.4 is 20.5 Å². The van der Waals surface area contributed by atoms with Crippen molar-refractivity contribution in [3.63, 3.8) is 0 Å². The zero-order valence-electron chi connectivity index (χ0n) is 21.4. The highest BCUT2D eigenvalue weighted by atomic mass is 32.2. The van der Waals surface area contributed by atoms with Crippen molar-refractivity contribution in [1.29, 1.82) is 5.26 Å². The summed E-state index contributed by atoms with van der Waals surface area (Å²) in [6.45, 7) is 1.33. The average Bonchev–Trinajstić information content (AvgIpc) is 3.25. The molecule has 0 fully saturated rings. The van der Waals surface area contributed by atoms with E-state index in [1.807, 2.05) is 6.07 Å². The molecule has 1 amide bonds. The van der Waals surface area contributed by atoms with Gasteiger partial charge < -0.3 is 20.5 Å². The summed E-state index contributed by atoms with van der Waals surface area (Å²) >= 11 is 0. The zero-order valence-corrected chi connectivity index (χ0v) is 22.2. The molecule has 3 N–H and O–H groups in total. The van der Waals surface area contributed by atoms with E-state index in [0.29, 0.717) is 11.4 Å². The molecule has 10 nitrogen and oxygen atoms in total. The molecule has 1 heterocycles. The van der Waals surface area contributed by atoms with Gasteiger partial charge in [0.1, 0.15) is 17.5 Å². The molecule has 4 rings (SSSR count). The van der Waals surface area contributed by atoms with Crippen molar-refractivity contribution >= 4 is 27.4 Å². The number of nitriles is 1. The number of carbonyl (C=O) groups excluding carboxylic acids is 2. The Labute approximate surface area is 226 Å². The van der Waals surface area contributed by atoms with Gasteiger partial charge in [0.05, 0.1) is 42.5 Å². The summed E-state index contributed by atoms with van der Waals surface area (Å²) in [5.74, 6) is -0.255. The Bertz CT molecular complexity index is 1600. The number of methoxy groups -OCH3 is 2. The van der Waals surface area contributed by atoms with E-state index < -0.39 is 27.9 Å². The lowest BCUT2D eigenvalue weighted by molar-refractivity contribution is -0.114. The predicted molar refractivity (Wildman–Crippen MR) is 143 cm³/mol. The average molecular weight is 547 g/mol. The molecule has 3 aromatic rings. The van der Waals surface area contributed by atoms with Crippen LogP contribution in [0.2, 0.25) is 0 Å². The molecule has 1 aliphatic rings. The summed E-state index contributed by atoms with van der Waals surface area (Å²) < 4.78 is 40.4. The van der Waals surface area contributed by atoms with Gasteiger partial charge in [-0.3, -0.25) is 9.59 Å². The van der Waals surface area contributed by atoms with Gasteiger partial charge in [-0.15, -0.1) is 0 Å². The summed E-state index contributed by atoms with van der Waals surface area (Å²) in [5, 5.41) is 12.8. The second kappa shape index (κ2) is 11.0. The quantitative estimate of drug-likeness (QED) is 0.408. The monoisotopic (exact) mass is 546 g/mol. The van der Waals surface area contributed by atoms with Crippen molar-refractivity contribution < 1.29 is 27.5 Å². The molecule has 0 bridgehead atoms. The maximum atomic E-state index is 14.3. The van der Waals surface area contributed by atoms with Gasteiger partial charge in [-0.25, -0.2) is 8.42 Å². The SMILES string of the molecule is COc1ccc(OC)c([C@H]2C(C#N)=C(N)[C@@H](C(=O)c3ccccc3)N2S(=O)(=O)c2ccc(NC(C)=O)cc2)c1. The molecule has 0 aromatic heterocycles. The van der Waals surface area contributed by atoms with Crippen molar-refractivity contribution in [2.75, 3.05) is 19.5 Å². The van der Waals surface area contributed by atoms with Gasteiger partial charge in [0.25, 0.3) is 0 Å². The minimum absolute atomic E-state index is 0.103. The summed E-state index contributed by atoms with van der Waals surface area (Å²) in [6, 6.07) is 17.6. The van der Waals surface area contributed by atoms with E-state index >= 15 is 0 Å². The number of nitrogens with one attached hydrogen (secondary N) is 1. The van der Waals surface area contributed by atoms with E-state index in [2.05, 4.69) is 5.32 Å². The standard InChI is InChI=1S/C28H26N4O6S/c1-17(33)31-19-9-12-21(13-10-19)39(35,36)32-26(22-15-20(37-2)11-14-24(22)38-3)23(16-29)25(30)27(32)28(34)18-7-5-4-6-8-18/h4-15,26-27H,30H2,1-3H3,(H,31,33)/t26-,27-/m0/s1. The molecule has 0 unspecified atom stereocenters. The zero-order chi connectivity index (χ0) is 28.3. The third-order valence-corrected chi connectivity index (χ3v) is 8.14. The van der Waals surface area contributed by atoms with Crippen LogP contribution >= 0.6 is 0 Å². The van der Waals surface area contributed by atoms with Crippen LogP contribution in [-0.4, -0.2) is 44.7 Å². The molecule has 39 heavy (non-hydrogen) atoms. The molecule has 0 aliphatic carbocycles. The number of hydrogen-bond acceptors (Lipinski definition) is 8. The number of sulfonamides is 1. The molecular weight excluding hydrogens is 520 g/mol. The molecule has 0 radical (unpaired) electrons. The topological polar surface area (TPSA) is 152 Å². The van der Waals surface area contributed by atoms with Gasteiger partial charge in [0.15, 0.2) is 5.78 Å². The second-order valence-electron chi connectivity index (χ2n) is 8.66. The molecule has 2 atom stereocenters. The molecule has 1 aliphatic heterocycles. The lowest BCUT2D eigenvalue weighted by atomic mass is 9.99.